The van der Waals surface area contributed by atoms with E-state index in [0.29, 0.717) is 18.0 Å². The number of nitrogens with one attached hydrogen (secondary N) is 1. The fourth-order valence-electron chi connectivity index (χ4n) is 2.11. The summed E-state index contributed by atoms with van der Waals surface area (Å²) in [6, 6.07) is 0.406. The summed E-state index contributed by atoms with van der Waals surface area (Å²) in [5, 5.41) is 2.32. The highest BCUT2D eigenvalue weighted by atomic mass is 15.5. The molecule has 0 aliphatic carbocycles. The van der Waals surface area contributed by atoms with Crippen molar-refractivity contribution < 1.29 is 0 Å². The smallest absolute Gasteiger partial charge is 0.0342 e. The Morgan fingerprint density at radius 2 is 1.75 bits per heavy atom. The van der Waals surface area contributed by atoms with Gasteiger partial charge < -0.3 is 10.6 Å². The van der Waals surface area contributed by atoms with Crippen LogP contribution in [0.5, 0.6) is 0 Å². The molecule has 0 aromatic carbocycles. The number of hydrogen-bond acceptors (Lipinski definition) is 4. The first-order valence-corrected chi connectivity index (χ1v) is 6.30. The number of hydrogen-bond donors (Lipinski definition) is 2. The van der Waals surface area contributed by atoms with Crippen molar-refractivity contribution in [1.82, 2.24) is 15.3 Å². The molecular formula is C12H28N4. The molecule has 1 atom stereocenters. The molecule has 96 valence electrons. The van der Waals surface area contributed by atoms with Gasteiger partial charge in [0.25, 0.3) is 0 Å². The number of hydrazine groups is 1. The summed E-state index contributed by atoms with van der Waals surface area (Å²) in [6.45, 7) is 12.0. The third-order valence-electron chi connectivity index (χ3n) is 3.01. The molecule has 0 spiro atoms. The zero-order valence-electron chi connectivity index (χ0n) is 11.3. The van der Waals surface area contributed by atoms with Crippen molar-refractivity contribution in [1.29, 1.82) is 0 Å². The van der Waals surface area contributed by atoms with E-state index in [1.807, 2.05) is 0 Å². The molecule has 1 unspecified atom stereocenters. The zero-order chi connectivity index (χ0) is 12.2. The predicted molar refractivity (Wildman–Crippen MR) is 69.1 cm³/mol. The Bertz CT molecular complexity index is 192. The molecule has 0 bridgehead atoms. The van der Waals surface area contributed by atoms with Crippen molar-refractivity contribution in [2.75, 3.05) is 39.8 Å². The molecule has 0 amide bonds. The van der Waals surface area contributed by atoms with Crippen LogP contribution in [-0.4, -0.2) is 55.7 Å². The van der Waals surface area contributed by atoms with Crippen LogP contribution in [0.1, 0.15) is 27.2 Å². The van der Waals surface area contributed by atoms with E-state index in [0.717, 1.165) is 32.6 Å². The third-order valence-corrected chi connectivity index (χ3v) is 3.01. The SMILES string of the molecule is CN1CCN(NC(CN)CC(C)(C)C)CC1. The van der Waals surface area contributed by atoms with Gasteiger partial charge in [-0.3, -0.25) is 5.43 Å². The number of nitrogens with two attached hydrogens (primary N) is 1. The first-order valence-electron chi connectivity index (χ1n) is 6.30. The van der Waals surface area contributed by atoms with E-state index in [1.54, 1.807) is 0 Å². The lowest BCUT2D eigenvalue weighted by Crippen LogP contribution is -2.55. The Labute approximate surface area is 100 Å². The van der Waals surface area contributed by atoms with Crippen LogP contribution < -0.4 is 11.2 Å². The van der Waals surface area contributed by atoms with Gasteiger partial charge in [-0.25, -0.2) is 5.01 Å². The van der Waals surface area contributed by atoms with Crippen molar-refractivity contribution in [3.63, 3.8) is 0 Å². The molecule has 1 aliphatic heterocycles. The predicted octanol–water partition coefficient (Wildman–Crippen LogP) is 0.502. The largest absolute Gasteiger partial charge is 0.329 e. The topological polar surface area (TPSA) is 44.5 Å². The molecule has 0 aromatic heterocycles. The van der Waals surface area contributed by atoms with Crippen LogP contribution in [-0.2, 0) is 0 Å². The van der Waals surface area contributed by atoms with Gasteiger partial charge in [0.1, 0.15) is 0 Å². The van der Waals surface area contributed by atoms with Crippen LogP contribution in [0.15, 0.2) is 0 Å². The molecule has 3 N–H and O–H groups in total. The Morgan fingerprint density at radius 1 is 1.19 bits per heavy atom. The van der Waals surface area contributed by atoms with Crippen molar-refractivity contribution in [3.8, 4) is 0 Å². The fourth-order valence-corrected chi connectivity index (χ4v) is 2.11. The summed E-state index contributed by atoms with van der Waals surface area (Å²) in [5.74, 6) is 0. The summed E-state index contributed by atoms with van der Waals surface area (Å²) < 4.78 is 0. The van der Waals surface area contributed by atoms with Crippen LogP contribution in [0.2, 0.25) is 0 Å². The summed E-state index contributed by atoms with van der Waals surface area (Å²) in [5.41, 5.74) is 9.73. The van der Waals surface area contributed by atoms with Gasteiger partial charge in [0, 0.05) is 38.8 Å². The van der Waals surface area contributed by atoms with Crippen molar-refractivity contribution >= 4 is 0 Å². The minimum absolute atomic E-state index is 0.337. The summed E-state index contributed by atoms with van der Waals surface area (Å²) in [4.78, 5) is 2.36. The first-order chi connectivity index (χ1) is 7.40. The molecule has 0 aromatic rings. The highest BCUT2D eigenvalue weighted by molar-refractivity contribution is 4.76. The molecule has 0 radical (unpaired) electrons. The Morgan fingerprint density at radius 3 is 2.19 bits per heavy atom. The van der Waals surface area contributed by atoms with Crippen LogP contribution >= 0.6 is 0 Å². The van der Waals surface area contributed by atoms with E-state index >= 15 is 0 Å². The third kappa shape index (κ3) is 5.25. The standard InChI is InChI=1S/C12H28N4/c1-12(2,3)9-11(10-13)14-16-7-5-15(4)6-8-16/h11,14H,5-10,13H2,1-4H3. The van der Waals surface area contributed by atoms with Gasteiger partial charge in [-0.15, -0.1) is 0 Å². The minimum atomic E-state index is 0.337. The highest BCUT2D eigenvalue weighted by Crippen LogP contribution is 2.20. The molecule has 1 heterocycles. The zero-order valence-corrected chi connectivity index (χ0v) is 11.3. The number of rotatable bonds is 4. The maximum absolute atomic E-state index is 5.82. The van der Waals surface area contributed by atoms with Crippen LogP contribution in [0.3, 0.4) is 0 Å². The number of likely N-dealkylation sites (N-methyl/N-ethyl adjacent to an activating group) is 1. The van der Waals surface area contributed by atoms with Gasteiger partial charge in [-0.1, -0.05) is 20.8 Å². The Balaban J connectivity index is 2.33. The lowest BCUT2D eigenvalue weighted by molar-refractivity contribution is 0.0786. The lowest BCUT2D eigenvalue weighted by atomic mass is 9.88. The van der Waals surface area contributed by atoms with Gasteiger partial charge in [-0.05, 0) is 18.9 Å². The van der Waals surface area contributed by atoms with Gasteiger partial charge in [0.05, 0.1) is 0 Å². The second kappa shape index (κ2) is 5.96. The van der Waals surface area contributed by atoms with Crippen LogP contribution in [0.4, 0.5) is 0 Å². The van der Waals surface area contributed by atoms with E-state index < -0.39 is 0 Å². The molecule has 1 aliphatic rings. The molecule has 1 rings (SSSR count). The number of nitrogens with zero attached hydrogens (tertiary/aromatic N) is 2. The van der Waals surface area contributed by atoms with Crippen molar-refractivity contribution in [2.24, 2.45) is 11.1 Å². The van der Waals surface area contributed by atoms with E-state index in [4.69, 9.17) is 5.73 Å². The van der Waals surface area contributed by atoms with E-state index in [2.05, 4.69) is 43.2 Å². The quantitative estimate of drug-likeness (QED) is 0.735. The first kappa shape index (κ1) is 13.9. The summed E-state index contributed by atoms with van der Waals surface area (Å²) in [7, 11) is 2.17. The van der Waals surface area contributed by atoms with Crippen molar-refractivity contribution in [2.45, 2.75) is 33.2 Å². The Kier molecular flexibility index (Phi) is 5.18. The van der Waals surface area contributed by atoms with E-state index in [1.165, 1.54) is 0 Å². The maximum Gasteiger partial charge on any atom is 0.0342 e. The summed E-state index contributed by atoms with van der Waals surface area (Å²) >= 11 is 0. The highest BCUT2D eigenvalue weighted by Gasteiger charge is 2.21. The summed E-state index contributed by atoms with van der Waals surface area (Å²) in [6.07, 6.45) is 1.12. The van der Waals surface area contributed by atoms with E-state index in [9.17, 15) is 0 Å². The lowest BCUT2D eigenvalue weighted by Gasteiger charge is -2.36. The maximum atomic E-state index is 5.82. The minimum Gasteiger partial charge on any atom is -0.329 e. The molecule has 1 saturated heterocycles. The van der Waals surface area contributed by atoms with Gasteiger partial charge in [0.15, 0.2) is 0 Å². The van der Waals surface area contributed by atoms with Crippen LogP contribution in [0, 0.1) is 5.41 Å². The second-order valence-corrected chi connectivity index (χ2v) is 6.12. The second-order valence-electron chi connectivity index (χ2n) is 6.12. The molecule has 4 nitrogen and oxygen atoms in total. The Hall–Kier alpha value is -0.160. The molecule has 4 heteroatoms. The number of piperazine rings is 1. The van der Waals surface area contributed by atoms with Gasteiger partial charge in [-0.2, -0.15) is 0 Å². The monoisotopic (exact) mass is 228 g/mol. The molecule has 0 saturated carbocycles. The van der Waals surface area contributed by atoms with Crippen LogP contribution in [0.25, 0.3) is 0 Å². The van der Waals surface area contributed by atoms with Crippen molar-refractivity contribution in [3.05, 3.63) is 0 Å². The fraction of sp³-hybridized carbons (Fsp3) is 1.00. The average Bonchev–Trinajstić information content (AvgIpc) is 2.18. The van der Waals surface area contributed by atoms with Gasteiger partial charge in [0.2, 0.25) is 0 Å². The average molecular weight is 228 g/mol. The molecule has 16 heavy (non-hydrogen) atoms. The van der Waals surface area contributed by atoms with E-state index in [-0.39, 0.29) is 0 Å². The molecule has 1 fully saturated rings. The normalized spacial score (nSPS) is 22.3. The van der Waals surface area contributed by atoms with Gasteiger partial charge >= 0.3 is 0 Å². The molecular weight excluding hydrogens is 200 g/mol.